The fourth-order valence-electron chi connectivity index (χ4n) is 2.24. The third-order valence-corrected chi connectivity index (χ3v) is 4.05. The number of amides is 1. The quantitative estimate of drug-likeness (QED) is 0.670. The Morgan fingerprint density at radius 1 is 1.04 bits per heavy atom. The molecule has 0 aliphatic rings. The number of benzene rings is 2. The number of nitrogens with one attached hydrogen (secondary N) is 2. The van der Waals surface area contributed by atoms with Gasteiger partial charge in [0.15, 0.2) is 6.54 Å². The van der Waals surface area contributed by atoms with Crippen LogP contribution in [0.1, 0.15) is 6.92 Å². The molecule has 1 amide bonds. The van der Waals surface area contributed by atoms with Crippen LogP contribution in [0.5, 0.6) is 11.5 Å². The Kier molecular flexibility index (Phi) is 7.76. The van der Waals surface area contributed by atoms with Crippen molar-refractivity contribution in [3.63, 3.8) is 0 Å². The number of rotatable bonds is 9. The van der Waals surface area contributed by atoms with Gasteiger partial charge in [-0.15, -0.1) is 0 Å². The molecule has 0 aliphatic heterocycles. The molecule has 25 heavy (non-hydrogen) atoms. The van der Waals surface area contributed by atoms with Gasteiger partial charge in [0.05, 0.1) is 13.7 Å². The summed E-state index contributed by atoms with van der Waals surface area (Å²) in [5.41, 5.74) is 0.771. The van der Waals surface area contributed by atoms with Crippen LogP contribution in [0, 0.1) is 0 Å². The summed E-state index contributed by atoms with van der Waals surface area (Å²) in [6.07, 6.45) is 0. The van der Waals surface area contributed by atoms with Crippen molar-refractivity contribution in [1.29, 1.82) is 0 Å². The normalized spacial score (nSPS) is 11.6. The molecule has 0 aromatic heterocycles. The standard InChI is InChI=1S/C19H23BrN2O3/c1-3-24-17-10-6-16(7-11-17)21-19(23)14-22(2)12-13-25-18-8-4-15(20)5-9-18/h4-11H,3,12-14H2,1-2H3,(H,21,23)/p+1. The SMILES string of the molecule is CCOc1ccc(NC(=O)C[NH+](C)CCOc2ccc(Br)cc2)cc1. The first-order chi connectivity index (χ1) is 12.1. The largest absolute Gasteiger partial charge is 0.494 e. The minimum absolute atomic E-state index is 0.0229. The zero-order chi connectivity index (χ0) is 18.1. The molecule has 2 aromatic rings. The van der Waals surface area contributed by atoms with E-state index in [9.17, 15) is 4.79 Å². The lowest BCUT2D eigenvalue weighted by atomic mass is 10.3. The maximum absolute atomic E-state index is 12.1. The average molecular weight is 408 g/mol. The smallest absolute Gasteiger partial charge is 0.279 e. The van der Waals surface area contributed by atoms with Crippen LogP contribution in [0.2, 0.25) is 0 Å². The first kappa shape index (κ1) is 19.3. The Balaban J connectivity index is 1.69. The van der Waals surface area contributed by atoms with Gasteiger partial charge in [0.25, 0.3) is 5.91 Å². The molecule has 2 aromatic carbocycles. The Labute approximate surface area is 157 Å². The van der Waals surface area contributed by atoms with Crippen LogP contribution >= 0.6 is 15.9 Å². The van der Waals surface area contributed by atoms with E-state index in [0.717, 1.165) is 33.1 Å². The molecule has 0 fully saturated rings. The maximum atomic E-state index is 12.1. The highest BCUT2D eigenvalue weighted by Gasteiger charge is 2.10. The molecule has 0 saturated heterocycles. The van der Waals surface area contributed by atoms with Crippen molar-refractivity contribution < 1.29 is 19.2 Å². The minimum Gasteiger partial charge on any atom is -0.494 e. The van der Waals surface area contributed by atoms with Crippen molar-refractivity contribution in [3.8, 4) is 11.5 Å². The molecule has 0 aliphatic carbocycles. The van der Waals surface area contributed by atoms with Gasteiger partial charge in [-0.25, -0.2) is 0 Å². The van der Waals surface area contributed by atoms with Crippen molar-refractivity contribution in [2.75, 3.05) is 38.7 Å². The van der Waals surface area contributed by atoms with Gasteiger partial charge in [-0.2, -0.15) is 0 Å². The molecule has 0 bridgehead atoms. The van der Waals surface area contributed by atoms with Crippen LogP contribution in [0.4, 0.5) is 5.69 Å². The number of ether oxygens (including phenoxy) is 2. The Hall–Kier alpha value is -2.05. The number of hydrogen-bond donors (Lipinski definition) is 2. The molecule has 1 unspecified atom stereocenters. The van der Waals surface area contributed by atoms with E-state index < -0.39 is 0 Å². The molecule has 0 spiro atoms. The van der Waals surface area contributed by atoms with Crippen molar-refractivity contribution >= 4 is 27.5 Å². The summed E-state index contributed by atoms with van der Waals surface area (Å²) in [4.78, 5) is 13.2. The van der Waals surface area contributed by atoms with Gasteiger partial charge in [0.2, 0.25) is 0 Å². The van der Waals surface area contributed by atoms with Crippen molar-refractivity contribution in [2.45, 2.75) is 6.92 Å². The molecular weight excluding hydrogens is 384 g/mol. The molecule has 0 heterocycles. The maximum Gasteiger partial charge on any atom is 0.279 e. The highest BCUT2D eigenvalue weighted by Crippen LogP contribution is 2.16. The number of likely N-dealkylation sites (N-methyl/N-ethyl adjacent to an activating group) is 1. The molecule has 2 N–H and O–H groups in total. The fraction of sp³-hybridized carbons (Fsp3) is 0.316. The summed E-state index contributed by atoms with van der Waals surface area (Å²) in [6.45, 7) is 4.25. The third-order valence-electron chi connectivity index (χ3n) is 3.52. The number of quaternary nitrogens is 1. The number of carbonyl (C=O) groups is 1. The second-order valence-electron chi connectivity index (χ2n) is 5.69. The van der Waals surface area contributed by atoms with Gasteiger partial charge in [0.1, 0.15) is 24.7 Å². The topological polar surface area (TPSA) is 52.0 Å². The Morgan fingerprint density at radius 3 is 2.28 bits per heavy atom. The van der Waals surface area contributed by atoms with Gasteiger partial charge >= 0.3 is 0 Å². The molecule has 5 nitrogen and oxygen atoms in total. The van der Waals surface area contributed by atoms with Crippen molar-refractivity contribution in [2.24, 2.45) is 0 Å². The first-order valence-corrected chi connectivity index (χ1v) is 9.08. The lowest BCUT2D eigenvalue weighted by molar-refractivity contribution is -0.871. The van der Waals surface area contributed by atoms with E-state index in [2.05, 4.69) is 21.2 Å². The first-order valence-electron chi connectivity index (χ1n) is 8.29. The Bertz CT molecular complexity index is 659. The summed E-state index contributed by atoms with van der Waals surface area (Å²) in [7, 11) is 1.97. The number of halogens is 1. The Morgan fingerprint density at radius 2 is 1.64 bits per heavy atom. The van der Waals surface area contributed by atoms with E-state index in [-0.39, 0.29) is 5.91 Å². The summed E-state index contributed by atoms with van der Waals surface area (Å²) >= 11 is 3.39. The van der Waals surface area contributed by atoms with Crippen LogP contribution in [0.25, 0.3) is 0 Å². The lowest BCUT2D eigenvalue weighted by Crippen LogP contribution is -3.10. The van der Waals surface area contributed by atoms with E-state index in [1.165, 1.54) is 0 Å². The van der Waals surface area contributed by atoms with Gasteiger partial charge < -0.3 is 19.7 Å². The fourth-order valence-corrected chi connectivity index (χ4v) is 2.51. The van der Waals surface area contributed by atoms with Crippen LogP contribution in [0.15, 0.2) is 53.0 Å². The summed E-state index contributed by atoms with van der Waals surface area (Å²) in [6, 6.07) is 15.1. The van der Waals surface area contributed by atoms with Crippen LogP contribution in [-0.2, 0) is 4.79 Å². The van der Waals surface area contributed by atoms with E-state index in [1.54, 1.807) is 0 Å². The molecule has 2 rings (SSSR count). The monoisotopic (exact) mass is 407 g/mol. The zero-order valence-electron chi connectivity index (χ0n) is 14.5. The van der Waals surface area contributed by atoms with E-state index in [4.69, 9.17) is 9.47 Å². The van der Waals surface area contributed by atoms with Crippen molar-refractivity contribution in [1.82, 2.24) is 0 Å². The van der Waals surface area contributed by atoms with Gasteiger partial charge in [-0.3, -0.25) is 4.79 Å². The number of carbonyl (C=O) groups excluding carboxylic acids is 1. The average Bonchev–Trinajstić information content (AvgIpc) is 2.58. The number of anilines is 1. The highest BCUT2D eigenvalue weighted by molar-refractivity contribution is 9.10. The molecule has 0 radical (unpaired) electrons. The summed E-state index contributed by atoms with van der Waals surface area (Å²) in [5.74, 6) is 1.61. The lowest BCUT2D eigenvalue weighted by Gasteiger charge is -2.14. The predicted octanol–water partition coefficient (Wildman–Crippen LogP) is 2.38. The minimum atomic E-state index is -0.0229. The van der Waals surface area contributed by atoms with Gasteiger partial charge in [-0.1, -0.05) is 15.9 Å². The van der Waals surface area contributed by atoms with Crippen LogP contribution in [-0.4, -0.2) is 39.3 Å². The second kappa shape index (κ2) is 10.1. The summed E-state index contributed by atoms with van der Waals surface area (Å²) in [5, 5.41) is 2.90. The number of hydrogen-bond acceptors (Lipinski definition) is 3. The van der Waals surface area contributed by atoms with E-state index in [0.29, 0.717) is 19.8 Å². The van der Waals surface area contributed by atoms with Crippen LogP contribution < -0.4 is 19.7 Å². The second-order valence-corrected chi connectivity index (χ2v) is 6.61. The third kappa shape index (κ3) is 7.15. The van der Waals surface area contributed by atoms with Crippen molar-refractivity contribution in [3.05, 3.63) is 53.0 Å². The summed E-state index contributed by atoms with van der Waals surface area (Å²) < 4.78 is 12.1. The molecular formula is C19H24BrN2O3+. The molecule has 6 heteroatoms. The van der Waals surface area contributed by atoms with Gasteiger partial charge in [0, 0.05) is 10.2 Å². The molecule has 134 valence electrons. The van der Waals surface area contributed by atoms with Crippen LogP contribution in [0.3, 0.4) is 0 Å². The molecule has 1 atom stereocenters. The van der Waals surface area contributed by atoms with E-state index >= 15 is 0 Å². The van der Waals surface area contributed by atoms with E-state index in [1.807, 2.05) is 62.5 Å². The predicted molar refractivity (Wildman–Crippen MR) is 102 cm³/mol. The highest BCUT2D eigenvalue weighted by atomic mass is 79.9. The zero-order valence-corrected chi connectivity index (χ0v) is 16.1. The molecule has 0 saturated carbocycles. The van der Waals surface area contributed by atoms with Gasteiger partial charge in [-0.05, 0) is 55.5 Å².